The number of carbonyl (C=O) groups excluding carboxylic acids is 1. The van der Waals surface area contributed by atoms with Gasteiger partial charge in [-0.2, -0.15) is 9.40 Å². The van der Waals surface area contributed by atoms with Crippen molar-refractivity contribution in [2.75, 3.05) is 26.2 Å². The van der Waals surface area contributed by atoms with Crippen molar-refractivity contribution in [3.8, 4) is 0 Å². The molecule has 156 valence electrons. The third kappa shape index (κ3) is 4.76. The normalized spacial score (nSPS) is 17.0. The molecule has 3 rings (SSSR count). The monoisotopic (exact) mass is 416 g/mol. The van der Waals surface area contributed by atoms with Gasteiger partial charge >= 0.3 is 0 Å². The van der Waals surface area contributed by atoms with E-state index in [-0.39, 0.29) is 5.91 Å². The summed E-state index contributed by atoms with van der Waals surface area (Å²) >= 11 is 0. The molecule has 0 saturated carbocycles. The Kier molecular flexibility index (Phi) is 6.54. The summed E-state index contributed by atoms with van der Waals surface area (Å²) in [5, 5.41) is 4.06. The zero-order valence-corrected chi connectivity index (χ0v) is 18.0. The Balaban J connectivity index is 1.61. The molecular formula is C21H28N4O3S. The molecule has 0 aliphatic carbocycles. The fraction of sp³-hybridized carbons (Fsp3) is 0.429. The Bertz CT molecular complexity index is 972. The third-order valence-electron chi connectivity index (χ3n) is 5.51. The lowest BCUT2D eigenvalue weighted by molar-refractivity contribution is -0.127. The highest BCUT2D eigenvalue weighted by Crippen LogP contribution is 2.23. The van der Waals surface area contributed by atoms with Gasteiger partial charge in [0.15, 0.2) is 0 Å². The minimum Gasteiger partial charge on any atom is -0.337 e. The van der Waals surface area contributed by atoms with Crippen LogP contribution in [0.2, 0.25) is 0 Å². The quantitative estimate of drug-likeness (QED) is 0.678. The summed E-state index contributed by atoms with van der Waals surface area (Å²) in [6.45, 7) is 5.57. The van der Waals surface area contributed by atoms with E-state index >= 15 is 0 Å². The van der Waals surface area contributed by atoms with Crippen LogP contribution in [-0.2, 0) is 21.9 Å². The van der Waals surface area contributed by atoms with Crippen LogP contribution in [-0.4, -0.2) is 59.5 Å². The second-order valence-corrected chi connectivity index (χ2v) is 9.26. The molecule has 2 heterocycles. The number of piperazine rings is 1. The van der Waals surface area contributed by atoms with Crippen LogP contribution in [0.15, 0.2) is 47.5 Å². The summed E-state index contributed by atoms with van der Waals surface area (Å²) in [7, 11) is -1.74. The van der Waals surface area contributed by atoms with Gasteiger partial charge in [0.05, 0.1) is 10.6 Å². The van der Waals surface area contributed by atoms with Crippen molar-refractivity contribution >= 4 is 22.0 Å². The van der Waals surface area contributed by atoms with E-state index < -0.39 is 10.0 Å². The van der Waals surface area contributed by atoms with Gasteiger partial charge in [-0.05, 0) is 42.2 Å². The van der Waals surface area contributed by atoms with Crippen molar-refractivity contribution in [1.82, 2.24) is 19.0 Å². The fourth-order valence-electron chi connectivity index (χ4n) is 3.31. The standard InChI is InChI=1S/C21H28N4O3S/c1-4-17(2)18-5-8-20(9-6-18)29(27,28)25-15-13-24(14-16-25)21(26)10-7-19-11-12-22-23(19)3/h5-12,17H,4,13-16H2,1-3H3/b10-7+/t17-/m1/s1. The maximum atomic E-state index is 12.9. The number of rotatable bonds is 6. The predicted octanol–water partition coefficient (Wildman–Crippen LogP) is 2.48. The molecule has 1 aliphatic heterocycles. The number of aromatic nitrogens is 2. The van der Waals surface area contributed by atoms with E-state index in [1.165, 1.54) is 10.4 Å². The minimum absolute atomic E-state index is 0.124. The number of amides is 1. The topological polar surface area (TPSA) is 75.5 Å². The van der Waals surface area contributed by atoms with E-state index in [0.717, 1.165) is 17.7 Å². The van der Waals surface area contributed by atoms with Gasteiger partial charge in [0, 0.05) is 45.5 Å². The second kappa shape index (κ2) is 8.92. The van der Waals surface area contributed by atoms with E-state index in [2.05, 4.69) is 18.9 Å². The highest BCUT2D eigenvalue weighted by Gasteiger charge is 2.29. The minimum atomic E-state index is -3.55. The van der Waals surface area contributed by atoms with Gasteiger partial charge in [0.25, 0.3) is 0 Å². The largest absolute Gasteiger partial charge is 0.337 e. The number of nitrogens with zero attached hydrogens (tertiary/aromatic N) is 4. The maximum absolute atomic E-state index is 12.9. The van der Waals surface area contributed by atoms with Crippen LogP contribution >= 0.6 is 0 Å². The number of carbonyl (C=O) groups is 1. The average Bonchev–Trinajstić information content (AvgIpc) is 3.16. The molecule has 29 heavy (non-hydrogen) atoms. The Morgan fingerprint density at radius 2 is 1.79 bits per heavy atom. The zero-order valence-electron chi connectivity index (χ0n) is 17.2. The Hall–Kier alpha value is -2.45. The SMILES string of the molecule is CC[C@@H](C)c1ccc(S(=O)(=O)N2CCN(C(=O)/C=C/c3ccnn3C)CC2)cc1. The van der Waals surface area contributed by atoms with Crippen LogP contribution in [0, 0.1) is 0 Å². The van der Waals surface area contributed by atoms with Crippen LogP contribution in [0.25, 0.3) is 6.08 Å². The number of hydrogen-bond donors (Lipinski definition) is 0. The van der Waals surface area contributed by atoms with Crippen LogP contribution < -0.4 is 0 Å². The molecule has 0 spiro atoms. The predicted molar refractivity (Wildman–Crippen MR) is 113 cm³/mol. The molecule has 0 radical (unpaired) electrons. The molecule has 1 aromatic heterocycles. The van der Waals surface area contributed by atoms with Crippen molar-refractivity contribution in [2.24, 2.45) is 7.05 Å². The Labute approximate surface area is 172 Å². The molecule has 1 aromatic carbocycles. The lowest BCUT2D eigenvalue weighted by Crippen LogP contribution is -2.50. The van der Waals surface area contributed by atoms with Crippen molar-refractivity contribution in [1.29, 1.82) is 0 Å². The highest BCUT2D eigenvalue weighted by molar-refractivity contribution is 7.89. The van der Waals surface area contributed by atoms with Crippen molar-refractivity contribution in [3.63, 3.8) is 0 Å². The van der Waals surface area contributed by atoms with Crippen molar-refractivity contribution in [2.45, 2.75) is 31.1 Å². The van der Waals surface area contributed by atoms with Gasteiger partial charge < -0.3 is 4.90 Å². The molecule has 1 atom stereocenters. The Morgan fingerprint density at radius 1 is 1.14 bits per heavy atom. The number of aryl methyl sites for hydroxylation is 1. The van der Waals surface area contributed by atoms with Crippen LogP contribution in [0.3, 0.4) is 0 Å². The summed E-state index contributed by atoms with van der Waals surface area (Å²) < 4.78 is 29.0. The molecule has 8 heteroatoms. The van der Waals surface area contributed by atoms with E-state index in [1.807, 2.05) is 25.2 Å². The third-order valence-corrected chi connectivity index (χ3v) is 7.42. The Morgan fingerprint density at radius 3 is 2.34 bits per heavy atom. The lowest BCUT2D eigenvalue weighted by atomic mass is 9.99. The van der Waals surface area contributed by atoms with Gasteiger partial charge in [-0.3, -0.25) is 9.48 Å². The van der Waals surface area contributed by atoms with Crippen LogP contribution in [0.4, 0.5) is 0 Å². The van der Waals surface area contributed by atoms with Crippen molar-refractivity contribution < 1.29 is 13.2 Å². The highest BCUT2D eigenvalue weighted by atomic mass is 32.2. The van der Waals surface area contributed by atoms with Gasteiger partial charge in [0.2, 0.25) is 15.9 Å². The van der Waals surface area contributed by atoms with Gasteiger partial charge in [0.1, 0.15) is 0 Å². The van der Waals surface area contributed by atoms with Crippen LogP contribution in [0.5, 0.6) is 0 Å². The maximum Gasteiger partial charge on any atom is 0.246 e. The summed E-state index contributed by atoms with van der Waals surface area (Å²) in [4.78, 5) is 14.4. The van der Waals surface area contributed by atoms with Gasteiger partial charge in [-0.25, -0.2) is 8.42 Å². The molecule has 0 unspecified atom stereocenters. The molecular weight excluding hydrogens is 388 g/mol. The second-order valence-electron chi connectivity index (χ2n) is 7.32. The van der Waals surface area contributed by atoms with E-state index in [9.17, 15) is 13.2 Å². The average molecular weight is 417 g/mol. The van der Waals surface area contributed by atoms with Crippen LogP contribution in [0.1, 0.15) is 37.4 Å². The van der Waals surface area contributed by atoms with E-state index in [0.29, 0.717) is 37.0 Å². The fourth-order valence-corrected chi connectivity index (χ4v) is 4.73. The lowest BCUT2D eigenvalue weighted by Gasteiger charge is -2.33. The number of sulfonamides is 1. The molecule has 7 nitrogen and oxygen atoms in total. The smallest absolute Gasteiger partial charge is 0.246 e. The molecule has 0 bridgehead atoms. The van der Waals surface area contributed by atoms with Gasteiger partial charge in [-0.1, -0.05) is 26.0 Å². The van der Waals surface area contributed by atoms with Gasteiger partial charge in [-0.15, -0.1) is 0 Å². The first-order valence-electron chi connectivity index (χ1n) is 9.88. The summed E-state index contributed by atoms with van der Waals surface area (Å²) in [6.07, 6.45) is 5.91. The van der Waals surface area contributed by atoms with Crippen molar-refractivity contribution in [3.05, 3.63) is 53.9 Å². The summed E-state index contributed by atoms with van der Waals surface area (Å²) in [6, 6.07) is 8.98. The zero-order chi connectivity index (χ0) is 21.0. The molecule has 1 fully saturated rings. The number of benzene rings is 1. The molecule has 1 saturated heterocycles. The first kappa shape index (κ1) is 21.3. The number of hydrogen-bond acceptors (Lipinski definition) is 4. The van der Waals surface area contributed by atoms with E-state index in [4.69, 9.17) is 0 Å². The summed E-state index contributed by atoms with van der Waals surface area (Å²) in [5.41, 5.74) is 1.97. The molecule has 1 aliphatic rings. The molecule has 1 amide bonds. The van der Waals surface area contributed by atoms with E-state index in [1.54, 1.807) is 34.0 Å². The first-order chi connectivity index (χ1) is 13.8. The molecule has 2 aromatic rings. The molecule has 0 N–H and O–H groups in total. The first-order valence-corrected chi connectivity index (χ1v) is 11.3. The summed E-state index contributed by atoms with van der Waals surface area (Å²) in [5.74, 6) is 0.280.